The lowest BCUT2D eigenvalue weighted by molar-refractivity contribution is -0.141. The van der Waals surface area contributed by atoms with Crippen LogP contribution in [0.3, 0.4) is 0 Å². The van der Waals surface area contributed by atoms with E-state index in [0.29, 0.717) is 18.3 Å². The number of nitrogens with zero attached hydrogens (tertiary/aromatic N) is 4. The van der Waals surface area contributed by atoms with Gasteiger partial charge in [0, 0.05) is 25.6 Å². The molecule has 2 aromatic rings. The minimum atomic E-state index is -4.60. The first-order chi connectivity index (χ1) is 15.5. The number of rotatable bonds is 3. The summed E-state index contributed by atoms with van der Waals surface area (Å²) in [7, 11) is -3.13. The molecule has 33 heavy (non-hydrogen) atoms. The van der Waals surface area contributed by atoms with E-state index in [1.165, 1.54) is 12.1 Å². The van der Waals surface area contributed by atoms with Crippen molar-refractivity contribution in [3.63, 3.8) is 0 Å². The molecule has 2 aliphatic heterocycles. The largest absolute Gasteiger partial charge is 0.434 e. The highest BCUT2D eigenvalue weighted by atomic mass is 32.2. The highest BCUT2D eigenvalue weighted by Gasteiger charge is 2.38. The molecule has 1 amide bonds. The summed E-state index contributed by atoms with van der Waals surface area (Å²) in [6.45, 7) is 0.795. The minimum Gasteiger partial charge on any atom is -0.351 e. The normalized spacial score (nSPS) is 21.8. The molecule has 2 fully saturated rings. The number of hydrogen-bond acceptors (Lipinski definition) is 6. The molecule has 0 N–H and O–H groups in total. The fraction of sp³-hybridized carbons (Fsp3) is 0.476. The van der Waals surface area contributed by atoms with Crippen molar-refractivity contribution in [2.24, 2.45) is 5.92 Å². The molecular weight excluding hydrogens is 464 g/mol. The summed E-state index contributed by atoms with van der Waals surface area (Å²) < 4.78 is 75.4. The average molecular weight is 486 g/mol. The van der Waals surface area contributed by atoms with Crippen molar-refractivity contribution in [1.29, 1.82) is 0 Å². The first-order valence-electron chi connectivity index (χ1n) is 10.4. The Hall–Kier alpha value is -2.76. The zero-order valence-corrected chi connectivity index (χ0v) is 18.3. The monoisotopic (exact) mass is 486 g/mol. The number of anilines is 1. The van der Waals surface area contributed by atoms with Crippen LogP contribution in [0.2, 0.25) is 0 Å². The molecule has 12 heteroatoms. The van der Waals surface area contributed by atoms with Gasteiger partial charge in [0.25, 0.3) is 0 Å². The van der Waals surface area contributed by atoms with Crippen LogP contribution >= 0.6 is 0 Å². The lowest BCUT2D eigenvalue weighted by Gasteiger charge is -2.43. The van der Waals surface area contributed by atoms with Crippen molar-refractivity contribution < 1.29 is 30.8 Å². The van der Waals surface area contributed by atoms with Gasteiger partial charge in [-0.05, 0) is 30.5 Å². The number of carbonyl (C=O) groups is 1. The molecular formula is C21H22F4N4O3S. The van der Waals surface area contributed by atoms with E-state index in [1.807, 2.05) is 0 Å². The van der Waals surface area contributed by atoms with E-state index in [4.69, 9.17) is 0 Å². The molecule has 3 heterocycles. The number of sulfone groups is 1. The predicted octanol–water partition coefficient (Wildman–Crippen LogP) is 2.85. The van der Waals surface area contributed by atoms with Gasteiger partial charge in [0.15, 0.2) is 5.69 Å². The Morgan fingerprint density at radius 2 is 1.67 bits per heavy atom. The van der Waals surface area contributed by atoms with Crippen LogP contribution in [-0.2, 0) is 20.8 Å². The molecule has 1 aromatic heterocycles. The second-order valence-electron chi connectivity index (χ2n) is 8.23. The maximum absolute atomic E-state index is 13.5. The summed E-state index contributed by atoms with van der Waals surface area (Å²) >= 11 is 0. The fourth-order valence-electron chi connectivity index (χ4n) is 4.23. The number of hydrogen-bond donors (Lipinski definition) is 0. The van der Waals surface area contributed by atoms with Crippen LogP contribution < -0.4 is 4.90 Å². The second kappa shape index (κ2) is 8.88. The predicted molar refractivity (Wildman–Crippen MR) is 111 cm³/mol. The van der Waals surface area contributed by atoms with E-state index >= 15 is 0 Å². The smallest absolute Gasteiger partial charge is 0.351 e. The summed E-state index contributed by atoms with van der Waals surface area (Å²) in [6, 6.07) is 5.18. The van der Waals surface area contributed by atoms with Crippen LogP contribution in [0.5, 0.6) is 0 Å². The van der Waals surface area contributed by atoms with Crippen LogP contribution in [0.15, 0.2) is 36.7 Å². The third-order valence-corrected chi connectivity index (χ3v) is 7.79. The Bertz CT molecular complexity index is 1090. The number of piperazine rings is 1. The number of carbonyl (C=O) groups excluding carboxylic acids is 1. The van der Waals surface area contributed by atoms with Gasteiger partial charge in [-0.1, -0.05) is 12.1 Å². The molecule has 0 aliphatic carbocycles. The molecule has 1 aromatic carbocycles. The van der Waals surface area contributed by atoms with Crippen LogP contribution in [0.4, 0.5) is 23.4 Å². The lowest BCUT2D eigenvalue weighted by atomic mass is 9.96. The Morgan fingerprint density at radius 3 is 2.24 bits per heavy atom. The number of aromatic nitrogens is 2. The summed E-state index contributed by atoms with van der Waals surface area (Å²) in [4.78, 5) is 24.0. The van der Waals surface area contributed by atoms with Crippen molar-refractivity contribution in [3.8, 4) is 0 Å². The Labute approximate surface area is 188 Å². The molecule has 2 saturated heterocycles. The van der Waals surface area contributed by atoms with Gasteiger partial charge in [0.05, 0.1) is 29.9 Å². The van der Waals surface area contributed by atoms with Gasteiger partial charge in [-0.3, -0.25) is 4.79 Å². The molecule has 178 valence electrons. The minimum absolute atomic E-state index is 0.0360. The average Bonchev–Trinajstić information content (AvgIpc) is 2.78. The first-order valence-corrected chi connectivity index (χ1v) is 12.3. The number of alkyl halides is 3. The zero-order valence-electron chi connectivity index (χ0n) is 17.5. The number of amides is 1. The Kier molecular flexibility index (Phi) is 6.30. The van der Waals surface area contributed by atoms with E-state index in [1.54, 1.807) is 21.9 Å². The zero-order chi connectivity index (χ0) is 23.8. The quantitative estimate of drug-likeness (QED) is 0.621. The molecule has 1 unspecified atom stereocenters. The van der Waals surface area contributed by atoms with Crippen molar-refractivity contribution in [3.05, 3.63) is 53.7 Å². The number of halogens is 4. The maximum Gasteiger partial charge on any atom is 0.434 e. The highest BCUT2D eigenvalue weighted by molar-refractivity contribution is 7.91. The van der Waals surface area contributed by atoms with Gasteiger partial charge in [-0.2, -0.15) is 13.2 Å². The Balaban J connectivity index is 1.57. The lowest BCUT2D eigenvalue weighted by Crippen LogP contribution is -2.53. The van der Waals surface area contributed by atoms with Crippen LogP contribution in [0.1, 0.15) is 30.1 Å². The topological polar surface area (TPSA) is 83.5 Å². The molecule has 0 bridgehead atoms. The second-order valence-corrected chi connectivity index (χ2v) is 10.5. The molecule has 2 aliphatic rings. The molecule has 1 atom stereocenters. The van der Waals surface area contributed by atoms with Gasteiger partial charge in [-0.25, -0.2) is 22.8 Å². The van der Waals surface area contributed by atoms with Gasteiger partial charge in [-0.15, -0.1) is 0 Å². The molecule has 4 rings (SSSR count). The van der Waals surface area contributed by atoms with Crippen molar-refractivity contribution in [1.82, 2.24) is 14.9 Å². The Morgan fingerprint density at radius 1 is 1.00 bits per heavy atom. The van der Waals surface area contributed by atoms with Gasteiger partial charge < -0.3 is 9.80 Å². The summed E-state index contributed by atoms with van der Waals surface area (Å²) in [5.74, 6) is -0.857. The van der Waals surface area contributed by atoms with Crippen molar-refractivity contribution in [2.45, 2.75) is 25.1 Å². The third kappa shape index (κ3) is 5.26. The van der Waals surface area contributed by atoms with Crippen LogP contribution in [0, 0.1) is 11.7 Å². The number of benzene rings is 1. The summed E-state index contributed by atoms with van der Waals surface area (Å²) in [5, 5.41) is 0. The molecule has 0 spiro atoms. The van der Waals surface area contributed by atoms with Crippen LogP contribution in [0.25, 0.3) is 0 Å². The third-order valence-electron chi connectivity index (χ3n) is 6.07. The van der Waals surface area contributed by atoms with Crippen LogP contribution in [-0.4, -0.2) is 60.3 Å². The SMILES string of the molecule is O=C(C1CCS(=O)(=O)CC1)N1CCN(c2cnc(C(F)(F)F)cn2)CC1c1ccc(F)cc1. The van der Waals surface area contributed by atoms with Crippen molar-refractivity contribution >= 4 is 21.6 Å². The maximum atomic E-state index is 13.5. The standard InChI is InChI=1S/C21H22F4N4O3S/c22-16-3-1-14(2-4-16)17-13-28(19-12-26-18(11-27-19)21(23,24)25)7-8-29(17)20(30)15-5-9-33(31,32)10-6-15/h1-4,11-12,15,17H,5-10,13H2. The molecule has 7 nitrogen and oxygen atoms in total. The van der Waals surface area contributed by atoms with Gasteiger partial charge in [0.1, 0.15) is 21.5 Å². The highest BCUT2D eigenvalue weighted by Crippen LogP contribution is 2.32. The van der Waals surface area contributed by atoms with E-state index in [9.17, 15) is 30.8 Å². The first kappa shape index (κ1) is 23.4. The molecule has 0 saturated carbocycles. The van der Waals surface area contributed by atoms with E-state index in [0.717, 1.165) is 6.20 Å². The summed E-state index contributed by atoms with van der Waals surface area (Å²) in [6.07, 6.45) is -2.37. The van der Waals surface area contributed by atoms with E-state index in [-0.39, 0.29) is 49.2 Å². The van der Waals surface area contributed by atoms with Gasteiger partial charge in [0.2, 0.25) is 5.91 Å². The van der Waals surface area contributed by atoms with Gasteiger partial charge >= 0.3 is 6.18 Å². The fourth-order valence-corrected chi connectivity index (χ4v) is 5.72. The summed E-state index contributed by atoms with van der Waals surface area (Å²) in [5.41, 5.74) is -0.430. The van der Waals surface area contributed by atoms with E-state index < -0.39 is 39.5 Å². The van der Waals surface area contributed by atoms with Crippen molar-refractivity contribution in [2.75, 3.05) is 36.0 Å². The van der Waals surface area contributed by atoms with E-state index in [2.05, 4.69) is 9.97 Å². The molecule has 0 radical (unpaired) electrons.